The number of carboxylic acids is 1. The predicted octanol–water partition coefficient (Wildman–Crippen LogP) is 3.02. The molecule has 0 aliphatic rings. The molecular weight excluding hydrogens is 342 g/mol. The molecule has 0 spiro atoms. The highest BCUT2D eigenvalue weighted by molar-refractivity contribution is 7.21. The van der Waals surface area contributed by atoms with Crippen LogP contribution in [0.5, 0.6) is 11.5 Å². The van der Waals surface area contributed by atoms with Crippen molar-refractivity contribution in [3.63, 3.8) is 0 Å². The summed E-state index contributed by atoms with van der Waals surface area (Å²) in [6.07, 6.45) is 1.46. The number of carbonyl (C=O) groups excluding carboxylic acids is 1. The molecular formula is C17H11N3O4S. The third-order valence-electron chi connectivity index (χ3n) is 3.39. The van der Waals surface area contributed by atoms with Crippen LogP contribution in [0.4, 0.5) is 0 Å². The zero-order valence-electron chi connectivity index (χ0n) is 12.9. The van der Waals surface area contributed by atoms with Crippen molar-refractivity contribution in [2.24, 2.45) is 0 Å². The van der Waals surface area contributed by atoms with Gasteiger partial charge >= 0.3 is 5.97 Å². The molecule has 124 valence electrons. The molecule has 1 amide bonds. The van der Waals surface area contributed by atoms with E-state index in [1.165, 1.54) is 19.3 Å². The second-order valence-corrected chi connectivity index (χ2v) is 5.99. The molecule has 0 saturated carbocycles. The highest BCUT2D eigenvalue weighted by atomic mass is 32.1. The third kappa shape index (κ3) is 3.13. The maximum Gasteiger partial charge on any atom is 0.347 e. The molecule has 2 heterocycles. The summed E-state index contributed by atoms with van der Waals surface area (Å²) in [5.41, 5.74) is 0.363. The number of nitriles is 1. The Balaban J connectivity index is 1.97. The zero-order valence-corrected chi connectivity index (χ0v) is 13.8. The Morgan fingerprint density at radius 3 is 2.72 bits per heavy atom. The van der Waals surface area contributed by atoms with Gasteiger partial charge in [0.25, 0.3) is 5.91 Å². The fourth-order valence-corrected chi connectivity index (χ4v) is 3.29. The maximum absolute atomic E-state index is 11.6. The summed E-state index contributed by atoms with van der Waals surface area (Å²) in [7, 11) is 1.51. The van der Waals surface area contributed by atoms with Gasteiger partial charge in [0, 0.05) is 29.4 Å². The number of rotatable bonds is 4. The van der Waals surface area contributed by atoms with Crippen molar-refractivity contribution in [2.75, 3.05) is 7.05 Å². The van der Waals surface area contributed by atoms with Gasteiger partial charge in [-0.1, -0.05) is 0 Å². The standard InChI is InChI=1S/C17H11N3O4S/c1-19-16(21)13-6-10(4-5-20-13)24-9-2-3-11-12(8-18)15(17(22)23)25-14(11)7-9/h2-7H,1H3,(H,19,21)(H,22,23). The van der Waals surface area contributed by atoms with Crippen LogP contribution in [-0.4, -0.2) is 29.0 Å². The van der Waals surface area contributed by atoms with Gasteiger partial charge in [-0.2, -0.15) is 5.26 Å². The Kier molecular flexibility index (Phi) is 4.33. The summed E-state index contributed by atoms with van der Waals surface area (Å²) in [5, 5.41) is 21.4. The molecule has 3 rings (SSSR count). The normalized spacial score (nSPS) is 10.2. The zero-order chi connectivity index (χ0) is 18.0. The highest BCUT2D eigenvalue weighted by Gasteiger charge is 2.18. The Labute approximate surface area is 146 Å². The minimum atomic E-state index is -1.13. The van der Waals surface area contributed by atoms with Crippen LogP contribution in [-0.2, 0) is 0 Å². The van der Waals surface area contributed by atoms with Crippen molar-refractivity contribution >= 4 is 33.3 Å². The van der Waals surface area contributed by atoms with E-state index in [0.29, 0.717) is 21.6 Å². The van der Waals surface area contributed by atoms with E-state index in [9.17, 15) is 20.0 Å². The Morgan fingerprint density at radius 2 is 2.04 bits per heavy atom. The fraction of sp³-hybridized carbons (Fsp3) is 0.0588. The molecule has 0 bridgehead atoms. The number of nitrogens with one attached hydrogen (secondary N) is 1. The number of amides is 1. The number of hydrogen-bond donors (Lipinski definition) is 2. The minimum absolute atomic E-state index is 0.000430. The molecule has 3 aromatic rings. The number of carboxylic acid groups (broad SMARTS) is 1. The second kappa shape index (κ2) is 6.59. The van der Waals surface area contributed by atoms with E-state index in [1.807, 2.05) is 6.07 Å². The number of ether oxygens (including phenoxy) is 1. The van der Waals surface area contributed by atoms with Crippen molar-refractivity contribution in [3.05, 3.63) is 52.7 Å². The molecule has 0 atom stereocenters. The predicted molar refractivity (Wildman–Crippen MR) is 91.2 cm³/mol. The molecule has 0 radical (unpaired) electrons. The van der Waals surface area contributed by atoms with Crippen molar-refractivity contribution in [1.82, 2.24) is 10.3 Å². The van der Waals surface area contributed by atoms with Gasteiger partial charge in [0.15, 0.2) is 0 Å². The van der Waals surface area contributed by atoms with E-state index in [2.05, 4.69) is 10.3 Å². The lowest BCUT2D eigenvalue weighted by Crippen LogP contribution is -2.18. The number of nitrogens with zero attached hydrogens (tertiary/aromatic N) is 2. The van der Waals surface area contributed by atoms with Crippen molar-refractivity contribution in [1.29, 1.82) is 5.26 Å². The number of aromatic carboxylic acids is 1. The van der Waals surface area contributed by atoms with E-state index >= 15 is 0 Å². The van der Waals surface area contributed by atoms with Crippen LogP contribution in [0.2, 0.25) is 0 Å². The molecule has 7 nitrogen and oxygen atoms in total. The van der Waals surface area contributed by atoms with Gasteiger partial charge in [-0.15, -0.1) is 11.3 Å². The van der Waals surface area contributed by atoms with E-state index in [4.69, 9.17) is 4.74 Å². The molecule has 2 aromatic heterocycles. The summed E-state index contributed by atoms with van der Waals surface area (Å²) >= 11 is 1.01. The van der Waals surface area contributed by atoms with Crippen LogP contribution in [0.3, 0.4) is 0 Å². The first-order valence-electron chi connectivity index (χ1n) is 7.09. The Hall–Kier alpha value is -3.44. The van der Waals surface area contributed by atoms with Crippen molar-refractivity contribution in [3.8, 4) is 17.6 Å². The number of pyridine rings is 1. The topological polar surface area (TPSA) is 112 Å². The van der Waals surface area contributed by atoms with Gasteiger partial charge in [-0.3, -0.25) is 9.78 Å². The van der Waals surface area contributed by atoms with E-state index < -0.39 is 5.97 Å². The Bertz CT molecular complexity index is 1040. The van der Waals surface area contributed by atoms with E-state index in [1.54, 1.807) is 24.3 Å². The van der Waals surface area contributed by atoms with Gasteiger partial charge < -0.3 is 15.2 Å². The summed E-state index contributed by atoms with van der Waals surface area (Å²) in [6, 6.07) is 9.98. The van der Waals surface area contributed by atoms with Crippen LogP contribution < -0.4 is 10.1 Å². The molecule has 0 unspecified atom stereocenters. The first-order valence-corrected chi connectivity index (χ1v) is 7.91. The first-order chi connectivity index (χ1) is 12.0. The van der Waals surface area contributed by atoms with Crippen molar-refractivity contribution < 1.29 is 19.4 Å². The average Bonchev–Trinajstić information content (AvgIpc) is 2.99. The number of thiophene rings is 1. The lowest BCUT2D eigenvalue weighted by atomic mass is 10.1. The van der Waals surface area contributed by atoms with Crippen molar-refractivity contribution in [2.45, 2.75) is 0 Å². The molecule has 25 heavy (non-hydrogen) atoms. The molecule has 0 aliphatic heterocycles. The van der Waals surface area contributed by atoms with Gasteiger partial charge in [0.2, 0.25) is 0 Å². The van der Waals surface area contributed by atoms with Crippen LogP contribution in [0, 0.1) is 11.3 Å². The lowest BCUT2D eigenvalue weighted by Gasteiger charge is -2.07. The lowest BCUT2D eigenvalue weighted by molar-refractivity contribution is 0.0701. The summed E-state index contributed by atoms with van der Waals surface area (Å²) in [5.74, 6) is -0.582. The molecule has 2 N–H and O–H groups in total. The van der Waals surface area contributed by atoms with Crippen LogP contribution in [0.25, 0.3) is 10.1 Å². The number of carbonyl (C=O) groups is 2. The average molecular weight is 353 g/mol. The molecule has 0 aliphatic carbocycles. The fourth-order valence-electron chi connectivity index (χ4n) is 2.26. The summed E-state index contributed by atoms with van der Waals surface area (Å²) < 4.78 is 6.35. The SMILES string of the molecule is CNC(=O)c1cc(Oc2ccc3c(C#N)c(C(=O)O)sc3c2)ccn1. The highest BCUT2D eigenvalue weighted by Crippen LogP contribution is 2.34. The number of hydrogen-bond acceptors (Lipinski definition) is 6. The van der Waals surface area contributed by atoms with Gasteiger partial charge in [-0.25, -0.2) is 4.79 Å². The second-order valence-electron chi connectivity index (χ2n) is 4.94. The van der Waals surface area contributed by atoms with Gasteiger partial charge in [0.05, 0.1) is 5.56 Å². The van der Waals surface area contributed by atoms with Crippen LogP contribution in [0.15, 0.2) is 36.5 Å². The number of aromatic nitrogens is 1. The smallest absolute Gasteiger partial charge is 0.347 e. The molecule has 0 fully saturated rings. The van der Waals surface area contributed by atoms with Gasteiger partial charge in [-0.05, 0) is 24.3 Å². The van der Waals surface area contributed by atoms with Crippen LogP contribution in [0.1, 0.15) is 25.7 Å². The summed E-state index contributed by atoms with van der Waals surface area (Å²) in [6.45, 7) is 0. The Morgan fingerprint density at radius 1 is 1.28 bits per heavy atom. The largest absolute Gasteiger partial charge is 0.477 e. The van der Waals surface area contributed by atoms with E-state index in [-0.39, 0.29) is 22.0 Å². The number of benzene rings is 1. The van der Waals surface area contributed by atoms with Crippen LogP contribution >= 0.6 is 11.3 Å². The molecule has 1 aromatic carbocycles. The maximum atomic E-state index is 11.6. The molecule has 8 heteroatoms. The number of fused-ring (bicyclic) bond motifs is 1. The third-order valence-corrected chi connectivity index (χ3v) is 4.53. The molecule has 0 saturated heterocycles. The summed E-state index contributed by atoms with van der Waals surface area (Å²) in [4.78, 5) is 26.8. The van der Waals surface area contributed by atoms with E-state index in [0.717, 1.165) is 11.3 Å². The minimum Gasteiger partial charge on any atom is -0.477 e. The quantitative estimate of drug-likeness (QED) is 0.745. The first kappa shape index (κ1) is 16.4. The van der Waals surface area contributed by atoms with Gasteiger partial charge in [0.1, 0.15) is 28.1 Å². The monoisotopic (exact) mass is 353 g/mol.